The summed E-state index contributed by atoms with van der Waals surface area (Å²) in [6.07, 6.45) is 1.77. The number of hydrogen-bond acceptors (Lipinski definition) is 6. The van der Waals surface area contributed by atoms with E-state index < -0.39 is 0 Å². The van der Waals surface area contributed by atoms with Crippen LogP contribution in [0, 0.1) is 24.3 Å². The molecule has 168 valence electrons. The molecule has 0 radical (unpaired) electrons. The van der Waals surface area contributed by atoms with E-state index in [1.165, 1.54) is 23.8 Å². The first-order valence-electron chi connectivity index (χ1n) is 9.70. The molecule has 2 aromatic rings. The summed E-state index contributed by atoms with van der Waals surface area (Å²) in [6, 6.07) is 7.69. The zero-order chi connectivity index (χ0) is 23.6. The van der Waals surface area contributed by atoms with E-state index in [2.05, 4.69) is 27.9 Å². The second-order valence-corrected chi connectivity index (χ2v) is 10.2. The Bertz CT molecular complexity index is 1120. The molecule has 2 amide bonds. The molecule has 0 aliphatic carbocycles. The highest BCUT2D eigenvalue weighted by Gasteiger charge is 2.28. The van der Waals surface area contributed by atoms with Crippen molar-refractivity contribution in [3.05, 3.63) is 55.0 Å². The number of amides is 2. The zero-order valence-corrected chi connectivity index (χ0v) is 22.2. The van der Waals surface area contributed by atoms with Crippen LogP contribution < -0.4 is 14.8 Å². The van der Waals surface area contributed by atoms with Crippen LogP contribution in [0.15, 0.2) is 29.2 Å². The largest absolute Gasteiger partial charge is 0.493 e. The summed E-state index contributed by atoms with van der Waals surface area (Å²) >= 11 is 8.56. The molecule has 6 nitrogen and oxygen atoms in total. The van der Waals surface area contributed by atoms with Crippen LogP contribution in [0.2, 0.25) is 0 Å². The Labute approximate surface area is 210 Å². The highest BCUT2D eigenvalue weighted by Crippen LogP contribution is 2.37. The van der Waals surface area contributed by atoms with Gasteiger partial charge >= 0.3 is 0 Å². The van der Waals surface area contributed by atoms with Crippen molar-refractivity contribution in [1.29, 1.82) is 0 Å². The molecule has 1 fully saturated rings. The Morgan fingerprint density at radius 3 is 2.44 bits per heavy atom. The molecule has 0 saturated carbocycles. The summed E-state index contributed by atoms with van der Waals surface area (Å²) in [6.45, 7) is 5.80. The van der Waals surface area contributed by atoms with E-state index in [9.17, 15) is 9.59 Å². The van der Waals surface area contributed by atoms with Crippen LogP contribution >= 0.6 is 46.6 Å². The minimum absolute atomic E-state index is 0.132. The number of likely N-dealkylation sites (N-methyl/N-ethyl adjacent to an activating group) is 1. The number of carbonyl (C=O) groups excluding carboxylic acids is 2. The van der Waals surface area contributed by atoms with E-state index in [0.717, 1.165) is 31.5 Å². The molecule has 0 aromatic heterocycles. The lowest BCUT2D eigenvalue weighted by Gasteiger charge is -2.15. The minimum Gasteiger partial charge on any atom is -0.493 e. The van der Waals surface area contributed by atoms with Gasteiger partial charge in [0, 0.05) is 12.7 Å². The number of aryl methyl sites for hydroxylation is 3. The summed E-state index contributed by atoms with van der Waals surface area (Å²) in [4.78, 5) is 26.8. The quantitative estimate of drug-likeness (QED) is 0.292. The second kappa shape index (κ2) is 10.2. The summed E-state index contributed by atoms with van der Waals surface area (Å²) in [5, 5.41) is 2.93. The Morgan fingerprint density at radius 1 is 1.22 bits per heavy atom. The van der Waals surface area contributed by atoms with E-state index >= 15 is 0 Å². The van der Waals surface area contributed by atoms with Gasteiger partial charge in [-0.15, -0.1) is 0 Å². The smallest absolute Gasteiger partial charge is 0.265 e. The lowest BCUT2D eigenvalue weighted by atomic mass is 10.1. The van der Waals surface area contributed by atoms with E-state index in [-0.39, 0.29) is 18.4 Å². The van der Waals surface area contributed by atoms with Gasteiger partial charge in [0.1, 0.15) is 4.32 Å². The molecule has 1 N–H and O–H groups in total. The predicted octanol–water partition coefficient (Wildman–Crippen LogP) is 5.07. The summed E-state index contributed by atoms with van der Waals surface area (Å²) < 4.78 is 12.6. The van der Waals surface area contributed by atoms with E-state index in [4.69, 9.17) is 21.7 Å². The molecule has 0 spiro atoms. The van der Waals surface area contributed by atoms with Gasteiger partial charge in [0.05, 0.1) is 15.6 Å². The highest BCUT2D eigenvalue weighted by atomic mass is 127. The number of anilines is 1. The molecule has 1 saturated heterocycles. The molecule has 0 unspecified atom stereocenters. The number of thioether (sulfide) groups is 1. The van der Waals surface area contributed by atoms with E-state index in [1.807, 2.05) is 39.0 Å². The Kier molecular flexibility index (Phi) is 7.84. The van der Waals surface area contributed by atoms with Crippen LogP contribution in [0.3, 0.4) is 0 Å². The first kappa shape index (κ1) is 24.5. The fraction of sp³-hybridized carbons (Fsp3) is 0.261. The Hall–Kier alpha value is -2.11. The summed E-state index contributed by atoms with van der Waals surface area (Å²) in [7, 11) is 3.19. The number of methoxy groups -OCH3 is 1. The Balaban J connectivity index is 1.76. The van der Waals surface area contributed by atoms with Crippen molar-refractivity contribution < 1.29 is 19.1 Å². The number of nitrogens with zero attached hydrogens (tertiary/aromatic N) is 1. The number of halogens is 1. The molecule has 9 heteroatoms. The summed E-state index contributed by atoms with van der Waals surface area (Å²) in [5.41, 5.74) is 4.74. The van der Waals surface area contributed by atoms with Gasteiger partial charge in [-0.1, -0.05) is 41.7 Å². The van der Waals surface area contributed by atoms with Gasteiger partial charge in [-0.2, -0.15) is 0 Å². The molecule has 32 heavy (non-hydrogen) atoms. The van der Waals surface area contributed by atoms with Crippen molar-refractivity contribution in [3.63, 3.8) is 0 Å². The highest BCUT2D eigenvalue weighted by molar-refractivity contribution is 14.1. The Morgan fingerprint density at radius 2 is 1.88 bits per heavy atom. The average Bonchev–Trinajstić information content (AvgIpc) is 2.96. The third-order valence-corrected chi connectivity index (χ3v) is 7.11. The topological polar surface area (TPSA) is 67.9 Å². The molecular weight excluding hydrogens is 559 g/mol. The molecule has 1 aliphatic rings. The van der Waals surface area contributed by atoms with Gasteiger partial charge < -0.3 is 14.8 Å². The first-order valence-corrected chi connectivity index (χ1v) is 12.0. The second-order valence-electron chi connectivity index (χ2n) is 7.39. The monoisotopic (exact) mass is 582 g/mol. The lowest BCUT2D eigenvalue weighted by Crippen LogP contribution is -2.22. The van der Waals surface area contributed by atoms with Crippen molar-refractivity contribution in [3.8, 4) is 11.5 Å². The standard InChI is InChI=1S/C23H23IN2O4S2/c1-12-6-13(2)20(14(3)7-12)25-19(27)11-30-21-16(24)8-15(9-17(21)29-5)10-18-22(28)26(4)23(31)32-18/h6-10H,11H2,1-5H3,(H,25,27)/b18-10-. The number of ether oxygens (including phenoxy) is 2. The van der Waals surface area contributed by atoms with Crippen LogP contribution in [0.4, 0.5) is 5.69 Å². The number of thiocarbonyl (C=S) groups is 1. The number of carbonyl (C=O) groups is 2. The van der Waals surface area contributed by atoms with Crippen LogP contribution in [0.25, 0.3) is 6.08 Å². The van der Waals surface area contributed by atoms with Gasteiger partial charge in [-0.05, 0) is 78.3 Å². The average molecular weight is 582 g/mol. The van der Waals surface area contributed by atoms with Crippen molar-refractivity contribution in [2.24, 2.45) is 0 Å². The number of nitrogens with one attached hydrogen (secondary N) is 1. The van der Waals surface area contributed by atoms with E-state index in [0.29, 0.717) is 20.7 Å². The van der Waals surface area contributed by atoms with Gasteiger partial charge in [0.15, 0.2) is 18.1 Å². The first-order chi connectivity index (χ1) is 15.1. The molecule has 3 rings (SSSR count). The summed E-state index contributed by atoms with van der Waals surface area (Å²) in [5.74, 6) is 0.563. The maximum absolute atomic E-state index is 12.5. The molecular formula is C23H23IN2O4S2. The van der Waals surface area contributed by atoms with Crippen LogP contribution in [0.1, 0.15) is 22.3 Å². The SMILES string of the molecule is COc1cc(/C=C2\SC(=S)N(C)C2=O)cc(I)c1OCC(=O)Nc1c(C)cc(C)cc1C. The third kappa shape index (κ3) is 5.44. The molecule has 1 heterocycles. The van der Waals surface area contributed by atoms with Crippen molar-refractivity contribution in [2.45, 2.75) is 20.8 Å². The number of rotatable bonds is 6. The molecule has 0 atom stereocenters. The van der Waals surface area contributed by atoms with Gasteiger partial charge in [-0.3, -0.25) is 14.5 Å². The van der Waals surface area contributed by atoms with Gasteiger partial charge in [-0.25, -0.2) is 0 Å². The van der Waals surface area contributed by atoms with Crippen molar-refractivity contribution >= 4 is 74.5 Å². The van der Waals surface area contributed by atoms with E-state index in [1.54, 1.807) is 19.2 Å². The molecule has 0 bridgehead atoms. The lowest BCUT2D eigenvalue weighted by molar-refractivity contribution is -0.121. The fourth-order valence-corrected chi connectivity index (χ4v) is 5.31. The van der Waals surface area contributed by atoms with Crippen LogP contribution in [-0.2, 0) is 9.59 Å². The number of benzene rings is 2. The third-order valence-electron chi connectivity index (χ3n) is 4.83. The predicted molar refractivity (Wildman–Crippen MR) is 141 cm³/mol. The normalized spacial score (nSPS) is 14.8. The zero-order valence-electron chi connectivity index (χ0n) is 18.4. The van der Waals surface area contributed by atoms with Crippen LogP contribution in [0.5, 0.6) is 11.5 Å². The molecule has 1 aliphatic heterocycles. The van der Waals surface area contributed by atoms with Gasteiger partial charge in [0.25, 0.3) is 11.8 Å². The number of hydrogen-bond donors (Lipinski definition) is 1. The minimum atomic E-state index is -0.256. The van der Waals surface area contributed by atoms with Gasteiger partial charge in [0.2, 0.25) is 0 Å². The maximum atomic E-state index is 12.5. The maximum Gasteiger partial charge on any atom is 0.265 e. The van der Waals surface area contributed by atoms with Crippen molar-refractivity contribution in [1.82, 2.24) is 4.90 Å². The van der Waals surface area contributed by atoms with Crippen molar-refractivity contribution in [2.75, 3.05) is 26.1 Å². The molecule has 2 aromatic carbocycles. The van der Waals surface area contributed by atoms with Crippen LogP contribution in [-0.4, -0.2) is 41.8 Å². The fourth-order valence-electron chi connectivity index (χ4n) is 3.35.